The first-order valence-electron chi connectivity index (χ1n) is 4.98. The fourth-order valence-electron chi connectivity index (χ4n) is 1.58. The molecule has 0 aliphatic heterocycles. The number of hydrogen-bond acceptors (Lipinski definition) is 3. The topological polar surface area (TPSA) is 55.2 Å². The van der Waals surface area contributed by atoms with Gasteiger partial charge in [-0.25, -0.2) is 0 Å². The van der Waals surface area contributed by atoms with E-state index in [1.165, 1.54) is 12.5 Å². The Bertz CT molecular complexity index is 435. The molecule has 0 atom stereocenters. The quantitative estimate of drug-likeness (QED) is 0.511. The first kappa shape index (κ1) is 11.9. The summed E-state index contributed by atoms with van der Waals surface area (Å²) in [6.45, 7) is 0. The van der Waals surface area contributed by atoms with Gasteiger partial charge in [0, 0.05) is 15.7 Å². The Hall–Kier alpha value is -0.560. The van der Waals surface area contributed by atoms with E-state index in [0.29, 0.717) is 20.3 Å². The van der Waals surface area contributed by atoms with Gasteiger partial charge in [-0.2, -0.15) is 0 Å². The standard InChI is InChI=1S/C10H10ClIN2O2/c11-7-4-9(13-6-2-1-3-6)10(14(15)16)5-8(7)12/h4-6,13H,1-3H2. The number of anilines is 1. The van der Waals surface area contributed by atoms with E-state index >= 15 is 0 Å². The number of halogens is 2. The highest BCUT2D eigenvalue weighted by atomic mass is 127. The lowest BCUT2D eigenvalue weighted by atomic mass is 9.93. The fourth-order valence-corrected chi connectivity index (χ4v) is 2.19. The molecule has 1 aliphatic rings. The lowest BCUT2D eigenvalue weighted by molar-refractivity contribution is -0.384. The first-order chi connectivity index (χ1) is 7.58. The predicted molar refractivity (Wildman–Crippen MR) is 72.1 cm³/mol. The van der Waals surface area contributed by atoms with E-state index in [1.54, 1.807) is 6.07 Å². The maximum Gasteiger partial charge on any atom is 0.293 e. The van der Waals surface area contributed by atoms with Crippen molar-refractivity contribution in [2.75, 3.05) is 5.32 Å². The van der Waals surface area contributed by atoms with Gasteiger partial charge in [0.1, 0.15) is 5.69 Å². The summed E-state index contributed by atoms with van der Waals surface area (Å²) in [5.41, 5.74) is 0.626. The molecule has 0 bridgehead atoms. The lowest BCUT2D eigenvalue weighted by Crippen LogP contribution is -2.27. The average molecular weight is 353 g/mol. The molecule has 1 aromatic rings. The molecule has 0 radical (unpaired) electrons. The van der Waals surface area contributed by atoms with Crippen LogP contribution >= 0.6 is 34.2 Å². The summed E-state index contributed by atoms with van der Waals surface area (Å²) in [6, 6.07) is 3.50. The Balaban J connectivity index is 2.32. The molecule has 0 spiro atoms. The molecule has 0 saturated heterocycles. The van der Waals surface area contributed by atoms with Crippen molar-refractivity contribution in [2.24, 2.45) is 0 Å². The Morgan fingerprint density at radius 1 is 1.50 bits per heavy atom. The molecule has 1 fully saturated rings. The van der Waals surface area contributed by atoms with E-state index in [2.05, 4.69) is 5.32 Å². The summed E-state index contributed by atoms with van der Waals surface area (Å²) in [5.74, 6) is 0. The first-order valence-corrected chi connectivity index (χ1v) is 6.43. The van der Waals surface area contributed by atoms with Gasteiger partial charge in [-0.15, -0.1) is 0 Å². The molecule has 0 aromatic heterocycles. The molecule has 1 saturated carbocycles. The number of nitro benzene ring substituents is 1. The van der Waals surface area contributed by atoms with Crippen molar-refractivity contribution in [3.63, 3.8) is 0 Å². The van der Waals surface area contributed by atoms with Gasteiger partial charge in [0.25, 0.3) is 5.69 Å². The third kappa shape index (κ3) is 2.40. The molecule has 2 rings (SSSR count). The number of hydrogen-bond donors (Lipinski definition) is 1. The Morgan fingerprint density at radius 3 is 2.69 bits per heavy atom. The van der Waals surface area contributed by atoms with Gasteiger partial charge in [0.15, 0.2) is 0 Å². The monoisotopic (exact) mass is 352 g/mol. The van der Waals surface area contributed by atoms with Crippen molar-refractivity contribution in [2.45, 2.75) is 25.3 Å². The zero-order valence-electron chi connectivity index (χ0n) is 8.37. The van der Waals surface area contributed by atoms with Crippen LogP contribution in [0.5, 0.6) is 0 Å². The highest BCUT2D eigenvalue weighted by molar-refractivity contribution is 14.1. The van der Waals surface area contributed by atoms with Gasteiger partial charge in [-0.1, -0.05) is 11.6 Å². The number of nitrogens with zero attached hydrogens (tertiary/aromatic N) is 1. The molecule has 86 valence electrons. The Kier molecular flexibility index (Phi) is 3.53. The summed E-state index contributed by atoms with van der Waals surface area (Å²) < 4.78 is 0.699. The van der Waals surface area contributed by atoms with Crippen LogP contribution in [0, 0.1) is 13.7 Å². The molecule has 16 heavy (non-hydrogen) atoms. The minimum Gasteiger partial charge on any atom is -0.377 e. The highest BCUT2D eigenvalue weighted by Gasteiger charge is 2.22. The largest absolute Gasteiger partial charge is 0.377 e. The number of nitro groups is 1. The van der Waals surface area contributed by atoms with E-state index in [4.69, 9.17) is 11.6 Å². The SMILES string of the molecule is O=[N+]([O-])c1cc(I)c(Cl)cc1NC1CCC1. The van der Waals surface area contributed by atoms with Crippen LogP contribution in [0.15, 0.2) is 12.1 Å². The number of rotatable bonds is 3. The van der Waals surface area contributed by atoms with Gasteiger partial charge in [0.2, 0.25) is 0 Å². The van der Waals surface area contributed by atoms with Crippen molar-refractivity contribution >= 4 is 45.6 Å². The van der Waals surface area contributed by atoms with Gasteiger partial charge in [-0.05, 0) is 47.9 Å². The summed E-state index contributed by atoms with van der Waals surface area (Å²) in [7, 11) is 0. The molecule has 1 aliphatic carbocycles. The summed E-state index contributed by atoms with van der Waals surface area (Å²) >= 11 is 7.96. The second-order valence-electron chi connectivity index (χ2n) is 3.81. The van der Waals surface area contributed by atoms with Crippen molar-refractivity contribution in [1.82, 2.24) is 0 Å². The highest BCUT2D eigenvalue weighted by Crippen LogP contribution is 2.34. The normalized spacial score (nSPS) is 15.6. The lowest BCUT2D eigenvalue weighted by Gasteiger charge is -2.27. The predicted octanol–water partition coefficient (Wildman–Crippen LogP) is 3.82. The second kappa shape index (κ2) is 4.75. The van der Waals surface area contributed by atoms with Gasteiger partial charge < -0.3 is 5.32 Å². The van der Waals surface area contributed by atoms with Crippen LogP contribution in [0.2, 0.25) is 5.02 Å². The van der Waals surface area contributed by atoms with E-state index < -0.39 is 0 Å². The molecule has 6 heteroatoms. The van der Waals surface area contributed by atoms with Crippen LogP contribution in [-0.4, -0.2) is 11.0 Å². The number of nitrogens with one attached hydrogen (secondary N) is 1. The average Bonchev–Trinajstić information content (AvgIpc) is 2.16. The molecular formula is C10H10ClIN2O2. The van der Waals surface area contributed by atoms with Crippen LogP contribution in [-0.2, 0) is 0 Å². The molecule has 4 nitrogen and oxygen atoms in total. The van der Waals surface area contributed by atoms with Crippen LogP contribution in [0.25, 0.3) is 0 Å². The second-order valence-corrected chi connectivity index (χ2v) is 5.38. The van der Waals surface area contributed by atoms with Crippen LogP contribution in [0.1, 0.15) is 19.3 Å². The fraction of sp³-hybridized carbons (Fsp3) is 0.400. The van der Waals surface area contributed by atoms with E-state index in [-0.39, 0.29) is 10.6 Å². The summed E-state index contributed by atoms with van der Waals surface area (Å²) in [4.78, 5) is 10.5. The van der Waals surface area contributed by atoms with Crippen molar-refractivity contribution in [3.05, 3.63) is 30.8 Å². The van der Waals surface area contributed by atoms with Crippen LogP contribution < -0.4 is 5.32 Å². The van der Waals surface area contributed by atoms with Gasteiger partial charge in [0.05, 0.1) is 9.95 Å². The zero-order valence-corrected chi connectivity index (χ0v) is 11.3. The van der Waals surface area contributed by atoms with Crippen molar-refractivity contribution in [3.8, 4) is 0 Å². The minimum absolute atomic E-state index is 0.0979. The van der Waals surface area contributed by atoms with E-state index in [0.717, 1.165) is 12.8 Å². The summed E-state index contributed by atoms with van der Waals surface area (Å²) in [5, 5.41) is 14.6. The molecule has 0 heterocycles. The van der Waals surface area contributed by atoms with Crippen LogP contribution in [0.3, 0.4) is 0 Å². The third-order valence-electron chi connectivity index (χ3n) is 2.70. The molecular weight excluding hydrogens is 342 g/mol. The van der Waals surface area contributed by atoms with Crippen molar-refractivity contribution in [1.29, 1.82) is 0 Å². The van der Waals surface area contributed by atoms with E-state index in [1.807, 2.05) is 22.6 Å². The molecule has 1 N–H and O–H groups in total. The Labute approximate surface area is 112 Å². The maximum absolute atomic E-state index is 10.9. The van der Waals surface area contributed by atoms with Gasteiger partial charge in [-0.3, -0.25) is 10.1 Å². The molecule has 1 aromatic carbocycles. The Morgan fingerprint density at radius 2 is 2.19 bits per heavy atom. The third-order valence-corrected chi connectivity index (χ3v) is 4.22. The smallest absolute Gasteiger partial charge is 0.293 e. The van der Waals surface area contributed by atoms with Gasteiger partial charge >= 0.3 is 0 Å². The maximum atomic E-state index is 10.9. The number of benzene rings is 1. The van der Waals surface area contributed by atoms with E-state index in [9.17, 15) is 10.1 Å². The van der Waals surface area contributed by atoms with Crippen molar-refractivity contribution < 1.29 is 4.92 Å². The minimum atomic E-state index is -0.376. The molecule has 0 amide bonds. The summed E-state index contributed by atoms with van der Waals surface area (Å²) in [6.07, 6.45) is 3.32. The molecule has 0 unspecified atom stereocenters. The van der Waals surface area contributed by atoms with Crippen LogP contribution in [0.4, 0.5) is 11.4 Å². The zero-order chi connectivity index (χ0) is 11.7.